The van der Waals surface area contributed by atoms with Crippen molar-refractivity contribution in [1.29, 1.82) is 0 Å². The maximum atomic E-state index is 14.3. The Labute approximate surface area is 208 Å². The average molecular weight is 505 g/mol. The fourth-order valence-electron chi connectivity index (χ4n) is 5.28. The molecule has 1 aliphatic heterocycles. The summed E-state index contributed by atoms with van der Waals surface area (Å²) >= 11 is 0. The van der Waals surface area contributed by atoms with E-state index in [4.69, 9.17) is 4.52 Å². The highest BCUT2D eigenvalue weighted by atomic mass is 31.2. The van der Waals surface area contributed by atoms with Crippen molar-refractivity contribution in [3.63, 3.8) is 0 Å². The molecule has 35 heavy (non-hydrogen) atoms. The fourth-order valence-corrected chi connectivity index (χ4v) is 8.12. The molecule has 4 atom stereocenters. The monoisotopic (exact) mass is 504 g/mol. The van der Waals surface area contributed by atoms with Gasteiger partial charge in [0.15, 0.2) is 5.66 Å². The van der Waals surface area contributed by atoms with Crippen LogP contribution in [0.5, 0.6) is 0 Å². The van der Waals surface area contributed by atoms with Gasteiger partial charge in [-0.2, -0.15) is 9.28 Å². The molecule has 2 amide bonds. The number of nitrogens with zero attached hydrogens (tertiary/aromatic N) is 2. The summed E-state index contributed by atoms with van der Waals surface area (Å²) in [5.74, 6) is -0.452. The maximum Gasteiger partial charge on any atom is 0.521 e. The lowest BCUT2D eigenvalue weighted by molar-refractivity contribution is -0.792. The van der Waals surface area contributed by atoms with Gasteiger partial charge < -0.3 is 14.6 Å². The minimum atomic E-state index is -3.43. The van der Waals surface area contributed by atoms with E-state index in [9.17, 15) is 19.3 Å². The number of quaternary nitrogens is 1. The Kier molecular flexibility index (Phi) is 9.84. The standard InChI is InChI=1S/C26H38N3O5P/c1-3-34-35(33,18-8-7-14-22-12-5-4-6-13-22)24(16-9-15-23-19-27-20-28-23)25(30)29(26(31)32)17-10-11-21(29)2/h4-6,12-13,19-21,24H,3,7-11,14-18H2,1-2H3,(H-,27,28,31,32)/p+1/t21-,24?,29?,35?/m1/s1. The van der Waals surface area contributed by atoms with Crippen molar-refractivity contribution in [2.75, 3.05) is 19.3 Å². The lowest BCUT2D eigenvalue weighted by atomic mass is 10.1. The number of carboxylic acid groups (broad SMARTS) is 1. The third kappa shape index (κ3) is 6.49. The Bertz CT molecular complexity index is 998. The normalized spacial score (nSPS) is 22.5. The Morgan fingerprint density at radius 1 is 1.23 bits per heavy atom. The number of carbonyl (C=O) groups is 2. The Balaban J connectivity index is 1.80. The summed E-state index contributed by atoms with van der Waals surface area (Å²) in [4.78, 5) is 33.5. The molecule has 3 rings (SSSR count). The zero-order valence-corrected chi connectivity index (χ0v) is 21.8. The van der Waals surface area contributed by atoms with Crippen molar-refractivity contribution < 1.29 is 28.3 Å². The molecule has 0 aliphatic carbocycles. The molecule has 1 saturated heterocycles. The van der Waals surface area contributed by atoms with E-state index in [-0.39, 0.29) is 25.4 Å². The molecule has 1 aromatic carbocycles. The van der Waals surface area contributed by atoms with E-state index in [1.807, 2.05) is 25.1 Å². The zero-order chi connectivity index (χ0) is 25.3. The number of aromatic nitrogens is 2. The molecule has 0 radical (unpaired) electrons. The summed E-state index contributed by atoms with van der Waals surface area (Å²) < 4.78 is 19.6. The van der Waals surface area contributed by atoms with Gasteiger partial charge in [0.05, 0.1) is 19.5 Å². The molecular weight excluding hydrogens is 465 g/mol. The predicted molar refractivity (Wildman–Crippen MR) is 136 cm³/mol. The van der Waals surface area contributed by atoms with Gasteiger partial charge in [-0.15, -0.1) is 0 Å². The fraction of sp³-hybridized carbons (Fsp3) is 0.577. The third-order valence-corrected chi connectivity index (χ3v) is 10.3. The van der Waals surface area contributed by atoms with E-state index in [1.165, 1.54) is 5.56 Å². The highest BCUT2D eigenvalue weighted by Crippen LogP contribution is 2.56. The van der Waals surface area contributed by atoms with Gasteiger partial charge in [0.2, 0.25) is 7.37 Å². The number of amides is 2. The van der Waals surface area contributed by atoms with Gasteiger partial charge in [-0.3, -0.25) is 4.57 Å². The van der Waals surface area contributed by atoms with Crippen LogP contribution in [-0.2, 0) is 26.7 Å². The number of aryl methyl sites for hydroxylation is 2. The first kappa shape index (κ1) is 27.3. The molecule has 3 unspecified atom stereocenters. The number of carbonyl (C=O) groups excluding carboxylic acids is 1. The molecule has 8 nitrogen and oxygen atoms in total. The van der Waals surface area contributed by atoms with Gasteiger partial charge in [0.25, 0.3) is 0 Å². The molecule has 0 spiro atoms. The van der Waals surface area contributed by atoms with Crippen molar-refractivity contribution in [1.82, 2.24) is 9.97 Å². The molecular formula is C26H39N3O5P+. The quantitative estimate of drug-likeness (QED) is 0.207. The van der Waals surface area contributed by atoms with Gasteiger partial charge in [0, 0.05) is 30.9 Å². The second-order valence-electron chi connectivity index (χ2n) is 9.50. The number of imidazole rings is 1. The maximum absolute atomic E-state index is 14.3. The molecule has 1 aliphatic rings. The molecule has 2 aromatic rings. The molecule has 2 N–H and O–H groups in total. The third-order valence-electron chi connectivity index (χ3n) is 7.23. The van der Waals surface area contributed by atoms with E-state index in [2.05, 4.69) is 22.1 Å². The molecule has 1 aromatic heterocycles. The first-order chi connectivity index (χ1) is 16.8. The van der Waals surface area contributed by atoms with E-state index in [0.29, 0.717) is 38.5 Å². The van der Waals surface area contributed by atoms with E-state index in [1.54, 1.807) is 19.4 Å². The summed E-state index contributed by atoms with van der Waals surface area (Å²) in [6.45, 7) is 4.06. The second kappa shape index (κ2) is 12.6. The molecule has 2 heterocycles. The lowest BCUT2D eigenvalue weighted by Gasteiger charge is -2.35. The molecule has 1 fully saturated rings. The lowest BCUT2D eigenvalue weighted by Crippen LogP contribution is -2.61. The van der Waals surface area contributed by atoms with Gasteiger partial charge in [-0.1, -0.05) is 30.3 Å². The Hall–Kier alpha value is -2.28. The van der Waals surface area contributed by atoms with Crippen LogP contribution in [0.25, 0.3) is 0 Å². The van der Waals surface area contributed by atoms with E-state index < -0.39 is 29.5 Å². The molecule has 9 heteroatoms. The molecule has 0 bridgehead atoms. The van der Waals surface area contributed by atoms with Crippen LogP contribution in [0.1, 0.15) is 63.6 Å². The van der Waals surface area contributed by atoms with Crippen molar-refractivity contribution in [2.24, 2.45) is 0 Å². The summed E-state index contributed by atoms with van der Waals surface area (Å²) in [5, 5.41) is 10.2. The molecule has 0 saturated carbocycles. The zero-order valence-electron chi connectivity index (χ0n) is 20.9. The highest BCUT2D eigenvalue weighted by molar-refractivity contribution is 7.60. The minimum absolute atomic E-state index is 0.225. The summed E-state index contributed by atoms with van der Waals surface area (Å²) in [7, 11) is -3.43. The number of hydrogen-bond donors (Lipinski definition) is 2. The van der Waals surface area contributed by atoms with Gasteiger partial charge in [-0.05, 0) is 57.9 Å². The smallest absolute Gasteiger partial charge is 0.435 e. The van der Waals surface area contributed by atoms with Crippen LogP contribution >= 0.6 is 7.37 Å². The number of benzene rings is 1. The van der Waals surface area contributed by atoms with Gasteiger partial charge >= 0.3 is 12.0 Å². The van der Waals surface area contributed by atoms with Gasteiger partial charge in [0.1, 0.15) is 6.04 Å². The van der Waals surface area contributed by atoms with Gasteiger partial charge in [-0.25, -0.2) is 9.78 Å². The van der Waals surface area contributed by atoms with Crippen molar-refractivity contribution >= 4 is 19.4 Å². The molecule has 192 valence electrons. The summed E-state index contributed by atoms with van der Waals surface area (Å²) in [5.41, 5.74) is 1.22. The van der Waals surface area contributed by atoms with Crippen molar-refractivity contribution in [3.8, 4) is 0 Å². The van der Waals surface area contributed by atoms with Crippen LogP contribution < -0.4 is 0 Å². The Morgan fingerprint density at radius 3 is 2.60 bits per heavy atom. The number of imide groups is 1. The van der Waals surface area contributed by atoms with Crippen molar-refractivity contribution in [3.05, 3.63) is 54.1 Å². The SMILES string of the molecule is CCOP(=O)(CCCCc1ccccc1)C(CCCc1cnc[nH]1)C(=O)[N+]1(C(=O)O)CCC[C@H]1C. The van der Waals surface area contributed by atoms with Crippen LogP contribution in [0, 0.1) is 0 Å². The summed E-state index contributed by atoms with van der Waals surface area (Å²) in [6.07, 6.45) is 7.69. The number of rotatable bonds is 13. The van der Waals surface area contributed by atoms with Crippen LogP contribution in [0.15, 0.2) is 42.9 Å². The van der Waals surface area contributed by atoms with E-state index >= 15 is 0 Å². The number of nitrogens with one attached hydrogen (secondary N) is 1. The van der Waals surface area contributed by atoms with Crippen molar-refractivity contribution in [2.45, 2.75) is 76.9 Å². The van der Waals surface area contributed by atoms with Crippen LogP contribution in [-0.4, -0.2) is 62.6 Å². The topological polar surface area (TPSA) is 109 Å². The second-order valence-corrected chi connectivity index (χ2v) is 12.3. The number of aromatic amines is 1. The van der Waals surface area contributed by atoms with Crippen LogP contribution in [0.4, 0.5) is 4.79 Å². The minimum Gasteiger partial charge on any atom is -0.435 e. The first-order valence-corrected chi connectivity index (χ1v) is 14.6. The van der Waals surface area contributed by atoms with E-state index in [0.717, 1.165) is 18.5 Å². The largest absolute Gasteiger partial charge is 0.521 e. The number of H-pyrrole nitrogens is 1. The van der Waals surface area contributed by atoms with Crippen LogP contribution in [0.3, 0.4) is 0 Å². The first-order valence-electron chi connectivity index (χ1n) is 12.7. The number of unbranched alkanes of at least 4 members (excludes halogenated alkanes) is 1. The summed E-state index contributed by atoms with van der Waals surface area (Å²) in [6, 6.07) is 9.77. The highest BCUT2D eigenvalue weighted by Gasteiger charge is 2.58. The van der Waals surface area contributed by atoms with Crippen LogP contribution in [0.2, 0.25) is 0 Å². The number of hydrogen-bond acceptors (Lipinski definition) is 5. The average Bonchev–Trinajstić information content (AvgIpc) is 3.50. The predicted octanol–water partition coefficient (Wildman–Crippen LogP) is 5.64. The Morgan fingerprint density at radius 2 is 2.00 bits per heavy atom. The number of likely N-dealkylation sites (tertiary alicyclic amines) is 1.